The van der Waals surface area contributed by atoms with E-state index >= 15 is 0 Å². The fraction of sp³-hybridized carbons (Fsp3) is 0.727. The first kappa shape index (κ1) is 16.6. The van der Waals surface area contributed by atoms with Crippen LogP contribution in [0.2, 0.25) is 0 Å². The van der Waals surface area contributed by atoms with Crippen molar-refractivity contribution in [3.8, 4) is 0 Å². The molecule has 3 heterocycles. The van der Waals surface area contributed by atoms with E-state index < -0.39 is 0 Å². The van der Waals surface area contributed by atoms with Crippen LogP contribution < -0.4 is 10.9 Å². The second-order valence-electron chi connectivity index (χ2n) is 10.2. The molecule has 0 amide bonds. The van der Waals surface area contributed by atoms with Gasteiger partial charge in [-0.2, -0.15) is 0 Å². The van der Waals surface area contributed by atoms with Crippen LogP contribution in [0.25, 0.3) is 0 Å². The van der Waals surface area contributed by atoms with Crippen molar-refractivity contribution in [3.63, 3.8) is 0 Å². The van der Waals surface area contributed by atoms with Gasteiger partial charge in [0.1, 0.15) is 0 Å². The number of hydrogen-bond donors (Lipinski definition) is 1. The Morgan fingerprint density at radius 1 is 0.963 bits per heavy atom. The van der Waals surface area contributed by atoms with Crippen molar-refractivity contribution in [1.82, 2.24) is 14.8 Å². The minimum atomic E-state index is 0.157. The first-order valence-corrected chi connectivity index (χ1v) is 11.2. The quantitative estimate of drug-likeness (QED) is 0.756. The first-order valence-electron chi connectivity index (χ1n) is 10.8. The van der Waals surface area contributed by atoms with E-state index in [1.807, 2.05) is 10.6 Å². The van der Waals surface area contributed by atoms with Crippen molar-refractivity contribution in [2.75, 3.05) is 13.1 Å². The number of aromatic nitrogens is 1. The number of thiocarbonyl (C=S) groups is 1. The van der Waals surface area contributed by atoms with Gasteiger partial charge in [0.25, 0.3) is 5.56 Å². The van der Waals surface area contributed by atoms with Gasteiger partial charge in [0, 0.05) is 42.9 Å². The van der Waals surface area contributed by atoms with Crippen LogP contribution in [0.3, 0.4) is 0 Å². The van der Waals surface area contributed by atoms with E-state index in [0.29, 0.717) is 11.8 Å². The summed E-state index contributed by atoms with van der Waals surface area (Å²) in [6.45, 7) is 2.80. The van der Waals surface area contributed by atoms with Crippen LogP contribution >= 0.6 is 12.2 Å². The zero-order valence-corrected chi connectivity index (χ0v) is 16.7. The number of nitrogens with one attached hydrogen (secondary N) is 1. The predicted molar refractivity (Wildman–Crippen MR) is 110 cm³/mol. The average Bonchev–Trinajstić information content (AvgIpc) is 2.61. The van der Waals surface area contributed by atoms with Crippen molar-refractivity contribution in [1.29, 1.82) is 0 Å². The summed E-state index contributed by atoms with van der Waals surface area (Å²) in [4.78, 5) is 14.7. The molecule has 27 heavy (non-hydrogen) atoms. The van der Waals surface area contributed by atoms with Crippen molar-refractivity contribution in [2.45, 2.75) is 62.9 Å². The van der Waals surface area contributed by atoms with Crippen LogP contribution in [0.5, 0.6) is 0 Å². The van der Waals surface area contributed by atoms with E-state index in [2.05, 4.69) is 16.3 Å². The van der Waals surface area contributed by atoms with Crippen molar-refractivity contribution < 1.29 is 0 Å². The summed E-state index contributed by atoms with van der Waals surface area (Å²) in [6.07, 6.45) is 9.58. The molecule has 1 aromatic rings. The van der Waals surface area contributed by atoms with E-state index in [1.165, 1.54) is 50.6 Å². The Labute approximate surface area is 166 Å². The molecule has 1 aromatic heterocycles. The molecule has 6 bridgehead atoms. The SMILES string of the molecule is O=c1cccc2n1C[C@H]1C[C@H]2CN(C(=S)NC23CC4CC(CC(C4)C2)C3)C1. The van der Waals surface area contributed by atoms with Gasteiger partial charge in [0.2, 0.25) is 0 Å². The van der Waals surface area contributed by atoms with Gasteiger partial charge >= 0.3 is 0 Å². The van der Waals surface area contributed by atoms with Crippen LogP contribution in [0.15, 0.2) is 23.0 Å². The number of rotatable bonds is 1. The topological polar surface area (TPSA) is 37.3 Å². The fourth-order valence-electron chi connectivity index (χ4n) is 7.63. The number of piperidine rings is 1. The van der Waals surface area contributed by atoms with Crippen LogP contribution in [0, 0.1) is 23.7 Å². The summed E-state index contributed by atoms with van der Waals surface area (Å²) in [6, 6.07) is 5.75. The average molecular weight is 384 g/mol. The Morgan fingerprint density at radius 3 is 2.37 bits per heavy atom. The standard InChI is InChI=1S/C22H29N3OS/c26-20-3-1-2-19-18-7-17(12-25(19)20)11-24(13-18)21(27)23-22-8-14-4-15(9-22)6-16(5-14)10-22/h1-3,14-18H,4-13H2,(H,23,27)/t14?,15?,16?,17-,18-,22?/m0/s1. The molecule has 5 fully saturated rings. The third-order valence-corrected chi connectivity index (χ3v) is 8.54. The predicted octanol–water partition coefficient (Wildman–Crippen LogP) is 3.11. The van der Waals surface area contributed by atoms with E-state index in [-0.39, 0.29) is 11.1 Å². The van der Waals surface area contributed by atoms with Gasteiger partial charge in [-0.1, -0.05) is 6.07 Å². The van der Waals surface area contributed by atoms with Crippen LogP contribution in [0.1, 0.15) is 56.6 Å². The van der Waals surface area contributed by atoms with Gasteiger partial charge in [0.05, 0.1) is 0 Å². The molecule has 5 heteroatoms. The molecule has 0 aromatic carbocycles. The van der Waals surface area contributed by atoms with Gasteiger partial charge < -0.3 is 14.8 Å². The highest BCUT2D eigenvalue weighted by Gasteiger charge is 2.51. The first-order chi connectivity index (χ1) is 13.1. The largest absolute Gasteiger partial charge is 0.357 e. The molecule has 0 spiro atoms. The lowest BCUT2D eigenvalue weighted by molar-refractivity contribution is -0.0117. The normalized spacial score (nSPS) is 41.3. The Kier molecular flexibility index (Phi) is 3.57. The maximum absolute atomic E-state index is 12.2. The molecule has 4 saturated carbocycles. The number of nitrogens with zero attached hydrogens (tertiary/aromatic N) is 2. The summed E-state index contributed by atoms with van der Waals surface area (Å²) in [5.74, 6) is 3.78. The lowest BCUT2D eigenvalue weighted by atomic mass is 9.53. The second-order valence-corrected chi connectivity index (χ2v) is 10.6. The summed E-state index contributed by atoms with van der Waals surface area (Å²) >= 11 is 5.96. The van der Waals surface area contributed by atoms with Gasteiger partial charge in [0.15, 0.2) is 5.11 Å². The molecule has 1 saturated heterocycles. The molecule has 144 valence electrons. The van der Waals surface area contributed by atoms with E-state index in [9.17, 15) is 4.79 Å². The highest BCUT2D eigenvalue weighted by Crippen LogP contribution is 2.55. The molecule has 0 radical (unpaired) electrons. The van der Waals surface area contributed by atoms with Crippen molar-refractivity contribution in [2.24, 2.45) is 23.7 Å². The second kappa shape index (κ2) is 5.82. The zero-order valence-electron chi connectivity index (χ0n) is 15.9. The van der Waals surface area contributed by atoms with E-state index in [0.717, 1.165) is 42.5 Å². The van der Waals surface area contributed by atoms with Crippen LogP contribution in [0.4, 0.5) is 0 Å². The maximum Gasteiger partial charge on any atom is 0.250 e. The molecule has 2 aliphatic heterocycles. The fourth-order valence-corrected chi connectivity index (χ4v) is 8.00. The Morgan fingerprint density at radius 2 is 1.67 bits per heavy atom. The highest BCUT2D eigenvalue weighted by molar-refractivity contribution is 7.80. The lowest BCUT2D eigenvalue weighted by Gasteiger charge is -2.58. The molecule has 0 unspecified atom stereocenters. The third-order valence-electron chi connectivity index (χ3n) is 8.18. The molecular weight excluding hydrogens is 354 g/mol. The number of likely N-dealkylation sites (tertiary alicyclic amines) is 1. The van der Waals surface area contributed by atoms with E-state index in [1.54, 1.807) is 6.07 Å². The van der Waals surface area contributed by atoms with E-state index in [4.69, 9.17) is 12.2 Å². The molecule has 1 N–H and O–H groups in total. The van der Waals surface area contributed by atoms with Gasteiger partial charge in [-0.05, 0) is 86.9 Å². The zero-order chi connectivity index (χ0) is 18.2. The van der Waals surface area contributed by atoms with Gasteiger partial charge in [-0.25, -0.2) is 0 Å². The lowest BCUT2D eigenvalue weighted by Crippen LogP contribution is -2.63. The molecular formula is C22H29N3OS. The number of hydrogen-bond acceptors (Lipinski definition) is 2. The minimum Gasteiger partial charge on any atom is -0.357 e. The summed E-state index contributed by atoms with van der Waals surface area (Å²) in [5, 5.41) is 4.89. The Hall–Kier alpha value is -1.36. The van der Waals surface area contributed by atoms with Crippen LogP contribution in [-0.4, -0.2) is 33.2 Å². The summed E-state index contributed by atoms with van der Waals surface area (Å²) < 4.78 is 2.01. The highest BCUT2D eigenvalue weighted by atomic mass is 32.1. The minimum absolute atomic E-state index is 0.157. The molecule has 2 atom stereocenters. The van der Waals surface area contributed by atoms with Crippen molar-refractivity contribution >= 4 is 17.3 Å². The summed E-state index contributed by atoms with van der Waals surface area (Å²) in [7, 11) is 0. The smallest absolute Gasteiger partial charge is 0.250 e. The Bertz CT molecular complexity index is 811. The summed E-state index contributed by atoms with van der Waals surface area (Å²) in [5.41, 5.74) is 1.65. The van der Waals surface area contributed by atoms with Gasteiger partial charge in [-0.3, -0.25) is 4.79 Å². The number of fused-ring (bicyclic) bond motifs is 4. The van der Waals surface area contributed by atoms with Crippen LogP contribution in [-0.2, 0) is 6.54 Å². The van der Waals surface area contributed by atoms with Gasteiger partial charge in [-0.15, -0.1) is 0 Å². The molecule has 4 nitrogen and oxygen atoms in total. The maximum atomic E-state index is 12.2. The van der Waals surface area contributed by atoms with Crippen molar-refractivity contribution in [3.05, 3.63) is 34.2 Å². The molecule has 7 rings (SSSR count). The molecule has 6 aliphatic rings. The Balaban J connectivity index is 1.21. The molecule has 4 aliphatic carbocycles. The number of pyridine rings is 1. The monoisotopic (exact) mass is 383 g/mol. The third kappa shape index (κ3) is 2.68.